The van der Waals surface area contributed by atoms with Crippen LogP contribution in [0, 0.1) is 5.92 Å². The second-order valence-corrected chi connectivity index (χ2v) is 7.54. The van der Waals surface area contributed by atoms with Crippen LogP contribution in [0.25, 0.3) is 0 Å². The van der Waals surface area contributed by atoms with Gasteiger partial charge in [-0.25, -0.2) is 0 Å². The van der Waals surface area contributed by atoms with E-state index >= 15 is 0 Å². The van der Waals surface area contributed by atoms with Gasteiger partial charge in [0.15, 0.2) is 6.61 Å². The van der Waals surface area contributed by atoms with Crippen molar-refractivity contribution in [1.29, 1.82) is 0 Å². The van der Waals surface area contributed by atoms with Crippen LogP contribution in [-0.4, -0.2) is 54.4 Å². The topological polar surface area (TPSA) is 49.9 Å². The lowest BCUT2D eigenvalue weighted by Gasteiger charge is -2.34. The summed E-state index contributed by atoms with van der Waals surface area (Å²) in [6.07, 6.45) is 2.82. The first-order valence-corrected chi connectivity index (χ1v) is 10.0. The fourth-order valence-corrected chi connectivity index (χ4v) is 3.60. The summed E-state index contributed by atoms with van der Waals surface area (Å²) in [6, 6.07) is 18.1. The summed E-state index contributed by atoms with van der Waals surface area (Å²) in [5, 5.41) is 0. The molecule has 0 spiro atoms. The molecule has 146 valence electrons. The molecule has 2 fully saturated rings. The Bertz CT molecular complexity index is 825. The minimum atomic E-state index is -0.0203. The van der Waals surface area contributed by atoms with Gasteiger partial charge in [0.2, 0.25) is 5.91 Å². The molecule has 0 unspecified atom stereocenters. The van der Waals surface area contributed by atoms with Crippen LogP contribution in [0.1, 0.15) is 24.0 Å². The van der Waals surface area contributed by atoms with Gasteiger partial charge in [0.1, 0.15) is 5.75 Å². The lowest BCUT2D eigenvalue weighted by atomic mass is 10.0. The SMILES string of the molecule is O=C(COc1ccccc1Cc1ccccc1)N1CCN(C(=O)C2CC2)CC1. The molecule has 0 bridgehead atoms. The van der Waals surface area contributed by atoms with Crippen LogP contribution in [0.2, 0.25) is 0 Å². The van der Waals surface area contributed by atoms with Crippen molar-refractivity contribution in [2.75, 3.05) is 32.8 Å². The first-order chi connectivity index (χ1) is 13.7. The van der Waals surface area contributed by atoms with E-state index in [2.05, 4.69) is 12.1 Å². The number of benzene rings is 2. The molecule has 1 saturated carbocycles. The third-order valence-corrected chi connectivity index (χ3v) is 5.43. The van der Waals surface area contributed by atoms with Gasteiger partial charge >= 0.3 is 0 Å². The third kappa shape index (κ3) is 4.53. The van der Waals surface area contributed by atoms with Gasteiger partial charge < -0.3 is 14.5 Å². The van der Waals surface area contributed by atoms with Crippen molar-refractivity contribution in [2.45, 2.75) is 19.3 Å². The number of carbonyl (C=O) groups is 2. The number of hydrogen-bond acceptors (Lipinski definition) is 3. The molecule has 0 aromatic heterocycles. The molecule has 1 aliphatic carbocycles. The second-order valence-electron chi connectivity index (χ2n) is 7.54. The third-order valence-electron chi connectivity index (χ3n) is 5.43. The Labute approximate surface area is 165 Å². The van der Waals surface area contributed by atoms with Gasteiger partial charge in [0.25, 0.3) is 5.91 Å². The van der Waals surface area contributed by atoms with Gasteiger partial charge in [-0.15, -0.1) is 0 Å². The van der Waals surface area contributed by atoms with E-state index in [1.165, 1.54) is 5.56 Å². The predicted octanol–water partition coefficient (Wildman–Crippen LogP) is 2.74. The monoisotopic (exact) mass is 378 g/mol. The zero-order valence-corrected chi connectivity index (χ0v) is 16.0. The fourth-order valence-electron chi connectivity index (χ4n) is 3.60. The van der Waals surface area contributed by atoms with Crippen LogP contribution in [-0.2, 0) is 16.0 Å². The molecule has 2 aliphatic rings. The van der Waals surface area contributed by atoms with E-state index in [0.717, 1.165) is 30.6 Å². The Hall–Kier alpha value is -2.82. The zero-order chi connectivity index (χ0) is 19.3. The predicted molar refractivity (Wildman–Crippen MR) is 107 cm³/mol. The number of amides is 2. The van der Waals surface area contributed by atoms with Gasteiger partial charge in [-0.05, 0) is 30.0 Å². The maximum Gasteiger partial charge on any atom is 0.260 e. The highest BCUT2D eigenvalue weighted by molar-refractivity contribution is 5.82. The summed E-state index contributed by atoms with van der Waals surface area (Å²) in [5.41, 5.74) is 2.28. The van der Waals surface area contributed by atoms with Crippen LogP contribution in [0.4, 0.5) is 0 Å². The number of nitrogens with zero attached hydrogens (tertiary/aromatic N) is 2. The van der Waals surface area contributed by atoms with Crippen molar-refractivity contribution in [3.63, 3.8) is 0 Å². The van der Waals surface area contributed by atoms with Crippen LogP contribution >= 0.6 is 0 Å². The van der Waals surface area contributed by atoms with Crippen LogP contribution in [0.5, 0.6) is 5.75 Å². The molecule has 5 heteroatoms. The second kappa shape index (κ2) is 8.46. The van der Waals surface area contributed by atoms with Crippen molar-refractivity contribution < 1.29 is 14.3 Å². The molecule has 2 aromatic rings. The first kappa shape index (κ1) is 18.5. The Kier molecular flexibility index (Phi) is 5.60. The molecular weight excluding hydrogens is 352 g/mol. The molecule has 0 N–H and O–H groups in total. The zero-order valence-electron chi connectivity index (χ0n) is 16.0. The fraction of sp³-hybridized carbons (Fsp3) is 0.391. The van der Waals surface area contributed by atoms with Crippen LogP contribution in [0.15, 0.2) is 54.6 Å². The number of piperazine rings is 1. The molecule has 0 radical (unpaired) electrons. The summed E-state index contributed by atoms with van der Waals surface area (Å²) in [4.78, 5) is 28.4. The Morgan fingerprint density at radius 1 is 0.857 bits per heavy atom. The van der Waals surface area contributed by atoms with Crippen molar-refractivity contribution >= 4 is 11.8 Å². The highest BCUT2D eigenvalue weighted by atomic mass is 16.5. The Morgan fingerprint density at radius 2 is 1.50 bits per heavy atom. The molecule has 1 saturated heterocycles. The average molecular weight is 378 g/mol. The van der Waals surface area contributed by atoms with Gasteiger partial charge in [0, 0.05) is 38.5 Å². The number of rotatable bonds is 6. The highest BCUT2D eigenvalue weighted by Crippen LogP contribution is 2.31. The molecule has 0 atom stereocenters. The molecule has 2 aromatic carbocycles. The summed E-state index contributed by atoms with van der Waals surface area (Å²) in [7, 11) is 0. The van der Waals surface area contributed by atoms with E-state index in [4.69, 9.17) is 4.74 Å². The van der Waals surface area contributed by atoms with Crippen LogP contribution in [0.3, 0.4) is 0 Å². The molecule has 28 heavy (non-hydrogen) atoms. The van der Waals surface area contributed by atoms with E-state index in [0.29, 0.717) is 26.2 Å². The van der Waals surface area contributed by atoms with Gasteiger partial charge in [-0.3, -0.25) is 9.59 Å². The van der Waals surface area contributed by atoms with E-state index < -0.39 is 0 Å². The quantitative estimate of drug-likeness (QED) is 0.777. The van der Waals surface area contributed by atoms with E-state index in [9.17, 15) is 9.59 Å². The number of ether oxygens (including phenoxy) is 1. The van der Waals surface area contributed by atoms with Gasteiger partial charge in [0.05, 0.1) is 0 Å². The molecule has 5 nitrogen and oxygen atoms in total. The maximum atomic E-state index is 12.6. The van der Waals surface area contributed by atoms with E-state index in [1.54, 1.807) is 4.90 Å². The van der Waals surface area contributed by atoms with Crippen molar-refractivity contribution in [3.05, 3.63) is 65.7 Å². The minimum Gasteiger partial charge on any atom is -0.483 e. The normalized spacial score (nSPS) is 16.7. The molecule has 1 heterocycles. The van der Waals surface area contributed by atoms with Crippen LogP contribution < -0.4 is 4.74 Å². The first-order valence-electron chi connectivity index (χ1n) is 10.0. The number of para-hydroxylation sites is 1. The Balaban J connectivity index is 1.30. The number of hydrogen-bond donors (Lipinski definition) is 0. The highest BCUT2D eigenvalue weighted by Gasteiger charge is 2.35. The van der Waals surface area contributed by atoms with Gasteiger partial charge in [-0.1, -0.05) is 48.5 Å². The van der Waals surface area contributed by atoms with Gasteiger partial charge in [-0.2, -0.15) is 0 Å². The number of carbonyl (C=O) groups excluding carboxylic acids is 2. The summed E-state index contributed by atoms with van der Waals surface area (Å²) < 4.78 is 5.88. The smallest absolute Gasteiger partial charge is 0.260 e. The summed E-state index contributed by atoms with van der Waals surface area (Å²) in [6.45, 7) is 2.47. The maximum absolute atomic E-state index is 12.6. The average Bonchev–Trinajstić information content (AvgIpc) is 3.59. The van der Waals surface area contributed by atoms with Crippen molar-refractivity contribution in [2.24, 2.45) is 5.92 Å². The van der Waals surface area contributed by atoms with E-state index in [1.807, 2.05) is 47.4 Å². The molecule has 2 amide bonds. The largest absolute Gasteiger partial charge is 0.483 e. The lowest BCUT2D eigenvalue weighted by Crippen LogP contribution is -2.52. The van der Waals surface area contributed by atoms with Crippen molar-refractivity contribution in [1.82, 2.24) is 9.80 Å². The summed E-state index contributed by atoms with van der Waals surface area (Å²) in [5.74, 6) is 1.24. The molecule has 4 rings (SSSR count). The van der Waals surface area contributed by atoms with E-state index in [-0.39, 0.29) is 24.3 Å². The Morgan fingerprint density at radius 3 is 2.21 bits per heavy atom. The summed E-state index contributed by atoms with van der Waals surface area (Å²) >= 11 is 0. The standard InChI is InChI=1S/C23H26N2O3/c26-22(24-12-14-25(15-13-24)23(27)19-10-11-19)17-28-21-9-5-4-8-20(21)16-18-6-2-1-3-7-18/h1-9,19H,10-17H2. The molecular formula is C23H26N2O3. The molecule has 1 aliphatic heterocycles. The van der Waals surface area contributed by atoms with Crippen molar-refractivity contribution in [3.8, 4) is 5.75 Å². The lowest BCUT2D eigenvalue weighted by molar-refractivity contribution is -0.141. The minimum absolute atomic E-state index is 0.0203.